The molecule has 3 saturated carbocycles. The molecule has 3 aliphatic rings. The lowest BCUT2D eigenvalue weighted by molar-refractivity contribution is -0.135. The third-order valence-electron chi connectivity index (χ3n) is 5.36. The van der Waals surface area contributed by atoms with Crippen LogP contribution in [0.5, 0.6) is 0 Å². The summed E-state index contributed by atoms with van der Waals surface area (Å²) >= 11 is 7.74. The molecule has 0 spiro atoms. The predicted octanol–water partition coefficient (Wildman–Crippen LogP) is 5.29. The maximum atomic E-state index is 13.4. The molecule has 4 heteroatoms. The van der Waals surface area contributed by atoms with Crippen LogP contribution in [0.25, 0.3) is 0 Å². The second-order valence-corrected chi connectivity index (χ2v) is 9.18. The van der Waals surface area contributed by atoms with E-state index in [0.29, 0.717) is 18.0 Å². The largest absolute Gasteiger partial charge is 0.336 e. The molecule has 0 N–H and O–H groups in total. The topological polar surface area (TPSA) is 20.3 Å². The van der Waals surface area contributed by atoms with Crippen molar-refractivity contribution in [2.24, 2.45) is 0 Å². The number of carbonyl (C=O) groups excluding carboxylic acids is 1. The van der Waals surface area contributed by atoms with Crippen LogP contribution in [0.2, 0.25) is 5.02 Å². The number of nitrogens with zero attached hydrogens (tertiary/aromatic N) is 1. The van der Waals surface area contributed by atoms with Crippen LogP contribution in [0.15, 0.2) is 29.2 Å². The van der Waals surface area contributed by atoms with Gasteiger partial charge in [-0.25, -0.2) is 0 Å². The smallest absolute Gasteiger partial charge is 0.239 e. The summed E-state index contributed by atoms with van der Waals surface area (Å²) in [6.45, 7) is 0. The molecule has 0 saturated heterocycles. The van der Waals surface area contributed by atoms with Crippen molar-refractivity contribution in [2.75, 3.05) is 0 Å². The van der Waals surface area contributed by atoms with Gasteiger partial charge in [0.05, 0.1) is 4.75 Å². The zero-order valence-electron chi connectivity index (χ0n) is 13.5. The molecular formula is C19H24ClNOS. The first-order valence-electron chi connectivity index (χ1n) is 8.95. The molecule has 0 bridgehead atoms. The fourth-order valence-corrected chi connectivity index (χ4v) is 5.13. The van der Waals surface area contributed by atoms with Crippen LogP contribution in [0, 0.1) is 0 Å². The lowest BCUT2D eigenvalue weighted by Crippen LogP contribution is -2.47. The van der Waals surface area contributed by atoms with E-state index in [9.17, 15) is 4.79 Å². The van der Waals surface area contributed by atoms with E-state index < -0.39 is 0 Å². The summed E-state index contributed by atoms with van der Waals surface area (Å²) in [6.07, 6.45) is 10.8. The molecule has 0 unspecified atom stereocenters. The summed E-state index contributed by atoms with van der Waals surface area (Å²) in [5, 5.41) is 0.757. The summed E-state index contributed by atoms with van der Waals surface area (Å²) in [7, 11) is 0. The Labute approximate surface area is 148 Å². The van der Waals surface area contributed by atoms with Crippen LogP contribution in [-0.4, -0.2) is 27.6 Å². The van der Waals surface area contributed by atoms with E-state index in [4.69, 9.17) is 11.6 Å². The molecule has 1 aromatic carbocycles. The summed E-state index contributed by atoms with van der Waals surface area (Å²) in [4.78, 5) is 16.8. The van der Waals surface area contributed by atoms with Gasteiger partial charge >= 0.3 is 0 Å². The Morgan fingerprint density at radius 2 is 1.61 bits per heavy atom. The Morgan fingerprint density at radius 1 is 1.00 bits per heavy atom. The molecule has 1 amide bonds. The van der Waals surface area contributed by atoms with Crippen molar-refractivity contribution < 1.29 is 4.79 Å². The molecule has 0 heterocycles. The highest BCUT2D eigenvalue weighted by Crippen LogP contribution is 2.54. The minimum Gasteiger partial charge on any atom is -0.336 e. The lowest BCUT2D eigenvalue weighted by atomic mass is 9.93. The van der Waals surface area contributed by atoms with Gasteiger partial charge in [0, 0.05) is 22.0 Å². The molecule has 0 radical (unpaired) electrons. The van der Waals surface area contributed by atoms with Gasteiger partial charge in [-0.2, -0.15) is 0 Å². The third kappa shape index (κ3) is 3.41. The van der Waals surface area contributed by atoms with E-state index in [1.165, 1.54) is 49.8 Å². The van der Waals surface area contributed by atoms with E-state index in [1.54, 1.807) is 11.8 Å². The first kappa shape index (κ1) is 15.8. The van der Waals surface area contributed by atoms with Crippen molar-refractivity contribution in [3.63, 3.8) is 0 Å². The number of amides is 1. The Kier molecular flexibility index (Phi) is 4.36. The van der Waals surface area contributed by atoms with Gasteiger partial charge in [0.15, 0.2) is 0 Å². The lowest BCUT2D eigenvalue weighted by Gasteiger charge is -2.37. The second kappa shape index (κ2) is 6.33. The second-order valence-electron chi connectivity index (χ2n) is 7.29. The normalized spacial score (nSPS) is 23.5. The van der Waals surface area contributed by atoms with Crippen molar-refractivity contribution in [3.8, 4) is 0 Å². The highest BCUT2D eigenvalue weighted by Gasteiger charge is 2.55. The maximum absolute atomic E-state index is 13.4. The molecule has 0 aliphatic heterocycles. The van der Waals surface area contributed by atoms with Crippen LogP contribution in [0.1, 0.15) is 57.8 Å². The highest BCUT2D eigenvalue weighted by molar-refractivity contribution is 8.01. The van der Waals surface area contributed by atoms with Crippen LogP contribution in [0.4, 0.5) is 0 Å². The zero-order chi connectivity index (χ0) is 15.9. The minimum atomic E-state index is -0.187. The molecule has 2 nitrogen and oxygen atoms in total. The van der Waals surface area contributed by atoms with Crippen molar-refractivity contribution >= 4 is 29.3 Å². The third-order valence-corrected chi connectivity index (χ3v) is 7.10. The van der Waals surface area contributed by atoms with E-state index in [1.807, 2.05) is 24.3 Å². The number of hydrogen-bond donors (Lipinski definition) is 0. The molecule has 4 rings (SSSR count). The van der Waals surface area contributed by atoms with Crippen molar-refractivity contribution in [3.05, 3.63) is 29.3 Å². The van der Waals surface area contributed by atoms with Crippen molar-refractivity contribution in [2.45, 2.75) is 79.5 Å². The van der Waals surface area contributed by atoms with Gasteiger partial charge in [-0.1, -0.05) is 30.9 Å². The van der Waals surface area contributed by atoms with Crippen molar-refractivity contribution in [1.29, 1.82) is 0 Å². The average molecular weight is 350 g/mol. The first-order chi connectivity index (χ1) is 11.2. The zero-order valence-corrected chi connectivity index (χ0v) is 15.0. The minimum absolute atomic E-state index is 0.187. The molecule has 23 heavy (non-hydrogen) atoms. The van der Waals surface area contributed by atoms with Gasteiger partial charge in [-0.3, -0.25) is 4.79 Å². The molecule has 3 fully saturated rings. The summed E-state index contributed by atoms with van der Waals surface area (Å²) < 4.78 is -0.187. The quantitative estimate of drug-likeness (QED) is 0.720. The van der Waals surface area contributed by atoms with Gasteiger partial charge in [-0.15, -0.1) is 11.8 Å². The van der Waals surface area contributed by atoms with Crippen LogP contribution in [0.3, 0.4) is 0 Å². The monoisotopic (exact) mass is 349 g/mol. The molecule has 1 aromatic rings. The Morgan fingerprint density at radius 3 is 2.17 bits per heavy atom. The number of thioether (sulfide) groups is 1. The Balaban J connectivity index is 1.50. The number of hydrogen-bond acceptors (Lipinski definition) is 2. The fraction of sp³-hybridized carbons (Fsp3) is 0.632. The van der Waals surface area contributed by atoms with E-state index in [-0.39, 0.29) is 4.75 Å². The molecule has 3 aliphatic carbocycles. The summed E-state index contributed by atoms with van der Waals surface area (Å²) in [5.41, 5.74) is 0. The van der Waals surface area contributed by atoms with Gasteiger partial charge in [0.1, 0.15) is 0 Å². The number of halogens is 1. The standard InChI is InChI=1S/C19H24ClNOS/c20-14-6-10-17(11-7-14)23-19(12-13-19)18(22)21(16-8-9-16)15-4-2-1-3-5-15/h6-7,10-11,15-16H,1-5,8-9,12-13H2. The van der Waals surface area contributed by atoms with Gasteiger partial charge < -0.3 is 4.90 Å². The number of rotatable bonds is 5. The molecular weight excluding hydrogens is 326 g/mol. The van der Waals surface area contributed by atoms with Gasteiger partial charge in [0.25, 0.3) is 0 Å². The summed E-state index contributed by atoms with van der Waals surface area (Å²) in [6, 6.07) is 8.97. The SMILES string of the molecule is O=C(N(C1CCCCC1)C1CC1)C1(Sc2ccc(Cl)cc2)CC1. The predicted molar refractivity (Wildman–Crippen MR) is 96.0 cm³/mol. The van der Waals surface area contributed by atoms with Gasteiger partial charge in [0.2, 0.25) is 5.91 Å². The molecule has 0 atom stereocenters. The van der Waals surface area contributed by atoms with Crippen LogP contribution < -0.4 is 0 Å². The van der Waals surface area contributed by atoms with Crippen LogP contribution >= 0.6 is 23.4 Å². The number of carbonyl (C=O) groups is 1. The maximum Gasteiger partial charge on any atom is 0.239 e. The van der Waals surface area contributed by atoms with E-state index >= 15 is 0 Å². The molecule has 124 valence electrons. The molecule has 0 aromatic heterocycles. The van der Waals surface area contributed by atoms with E-state index in [0.717, 1.165) is 17.9 Å². The van der Waals surface area contributed by atoms with Crippen LogP contribution in [-0.2, 0) is 4.79 Å². The number of benzene rings is 1. The Hall–Kier alpha value is -0.670. The van der Waals surface area contributed by atoms with Gasteiger partial charge in [-0.05, 0) is 62.8 Å². The van der Waals surface area contributed by atoms with Crippen molar-refractivity contribution in [1.82, 2.24) is 4.90 Å². The summed E-state index contributed by atoms with van der Waals surface area (Å²) in [5.74, 6) is 0.423. The Bertz CT molecular complexity index is 574. The average Bonchev–Trinajstić information content (AvgIpc) is 3.47. The van der Waals surface area contributed by atoms with E-state index in [2.05, 4.69) is 4.90 Å². The first-order valence-corrected chi connectivity index (χ1v) is 10.1. The fourth-order valence-electron chi connectivity index (χ4n) is 3.78. The highest BCUT2D eigenvalue weighted by atomic mass is 35.5.